The summed E-state index contributed by atoms with van der Waals surface area (Å²) in [6.07, 6.45) is 0. The van der Waals surface area contributed by atoms with Crippen molar-refractivity contribution in [3.05, 3.63) is 29.8 Å². The fourth-order valence-corrected chi connectivity index (χ4v) is 3.86. The molecule has 2 amide bonds. The maximum Gasteiger partial charge on any atom is 0.239 e. The number of amides is 2. The quantitative estimate of drug-likeness (QED) is 0.722. The van der Waals surface area contributed by atoms with E-state index in [-0.39, 0.29) is 24.4 Å². The standard InChI is InChI=1S/C18H27N3O3S/c1-4-20(5-2)16(14-7-6-8-15(9-14)24-3)10-19-17(22)11-21-13-25-12-18(21)23/h6-9,16H,4-5,10-13H2,1-3H3,(H,19,22). The minimum absolute atomic E-state index is 0.0354. The number of likely N-dealkylation sites (N-methyl/N-ethyl adjacent to an activating group) is 1. The Morgan fingerprint density at radius 1 is 1.40 bits per heavy atom. The van der Waals surface area contributed by atoms with Crippen LogP contribution in [0.5, 0.6) is 5.75 Å². The van der Waals surface area contributed by atoms with Gasteiger partial charge in [0, 0.05) is 6.54 Å². The topological polar surface area (TPSA) is 61.9 Å². The van der Waals surface area contributed by atoms with Gasteiger partial charge >= 0.3 is 0 Å². The molecule has 138 valence electrons. The van der Waals surface area contributed by atoms with Gasteiger partial charge in [0.2, 0.25) is 11.8 Å². The van der Waals surface area contributed by atoms with Crippen LogP contribution in [-0.4, -0.2) is 66.5 Å². The molecule has 1 aromatic rings. The van der Waals surface area contributed by atoms with Gasteiger partial charge in [-0.3, -0.25) is 14.5 Å². The highest BCUT2D eigenvalue weighted by molar-refractivity contribution is 8.00. The number of rotatable bonds is 9. The van der Waals surface area contributed by atoms with Gasteiger partial charge in [0.15, 0.2) is 0 Å². The van der Waals surface area contributed by atoms with Crippen molar-refractivity contribution in [3.8, 4) is 5.75 Å². The first-order valence-corrected chi connectivity index (χ1v) is 9.74. The van der Waals surface area contributed by atoms with E-state index in [1.807, 2.05) is 18.2 Å². The van der Waals surface area contributed by atoms with Crippen LogP contribution in [0.1, 0.15) is 25.5 Å². The average molecular weight is 365 g/mol. The smallest absolute Gasteiger partial charge is 0.239 e. The van der Waals surface area contributed by atoms with E-state index in [9.17, 15) is 9.59 Å². The van der Waals surface area contributed by atoms with Crippen LogP contribution < -0.4 is 10.1 Å². The van der Waals surface area contributed by atoms with E-state index in [2.05, 4.69) is 30.1 Å². The molecular formula is C18H27N3O3S. The summed E-state index contributed by atoms with van der Waals surface area (Å²) in [6.45, 7) is 6.62. The second kappa shape index (κ2) is 9.68. The Balaban J connectivity index is 2.02. The van der Waals surface area contributed by atoms with Crippen molar-refractivity contribution in [1.29, 1.82) is 0 Å². The molecule has 1 unspecified atom stereocenters. The van der Waals surface area contributed by atoms with Crippen molar-refractivity contribution in [2.24, 2.45) is 0 Å². The van der Waals surface area contributed by atoms with Crippen molar-refractivity contribution < 1.29 is 14.3 Å². The van der Waals surface area contributed by atoms with Gasteiger partial charge in [-0.1, -0.05) is 26.0 Å². The lowest BCUT2D eigenvalue weighted by Crippen LogP contribution is -2.42. The minimum Gasteiger partial charge on any atom is -0.497 e. The monoisotopic (exact) mass is 365 g/mol. The molecule has 2 rings (SSSR count). The molecule has 7 heteroatoms. The fourth-order valence-electron chi connectivity index (χ4n) is 2.95. The lowest BCUT2D eigenvalue weighted by atomic mass is 10.0. The predicted molar refractivity (Wildman–Crippen MR) is 101 cm³/mol. The van der Waals surface area contributed by atoms with Crippen LogP contribution in [-0.2, 0) is 9.59 Å². The Morgan fingerprint density at radius 2 is 2.16 bits per heavy atom. The molecule has 0 saturated carbocycles. The van der Waals surface area contributed by atoms with Crippen molar-refractivity contribution in [2.75, 3.05) is 44.9 Å². The summed E-state index contributed by atoms with van der Waals surface area (Å²) in [5.41, 5.74) is 1.11. The highest BCUT2D eigenvalue weighted by atomic mass is 32.2. The van der Waals surface area contributed by atoms with Crippen molar-refractivity contribution in [1.82, 2.24) is 15.1 Å². The molecular weight excluding hydrogens is 338 g/mol. The van der Waals surface area contributed by atoms with Crippen LogP contribution in [0.2, 0.25) is 0 Å². The van der Waals surface area contributed by atoms with E-state index in [0.717, 1.165) is 24.4 Å². The second-order valence-electron chi connectivity index (χ2n) is 5.89. The SMILES string of the molecule is CCN(CC)C(CNC(=O)CN1CSCC1=O)c1cccc(OC)c1. The van der Waals surface area contributed by atoms with Gasteiger partial charge in [0.1, 0.15) is 12.3 Å². The molecule has 1 N–H and O–H groups in total. The Kier molecular flexibility index (Phi) is 7.58. The molecule has 25 heavy (non-hydrogen) atoms. The maximum atomic E-state index is 12.2. The molecule has 1 atom stereocenters. The van der Waals surface area contributed by atoms with Crippen LogP contribution in [0.3, 0.4) is 0 Å². The average Bonchev–Trinajstić information content (AvgIpc) is 3.03. The third-order valence-electron chi connectivity index (χ3n) is 4.38. The maximum absolute atomic E-state index is 12.2. The number of carbonyl (C=O) groups is 2. The molecule has 1 heterocycles. The normalized spacial score (nSPS) is 15.5. The Morgan fingerprint density at radius 3 is 2.76 bits per heavy atom. The zero-order chi connectivity index (χ0) is 18.2. The van der Waals surface area contributed by atoms with Gasteiger partial charge in [0.25, 0.3) is 0 Å². The predicted octanol–water partition coefficient (Wildman–Crippen LogP) is 1.73. The summed E-state index contributed by atoms with van der Waals surface area (Å²) >= 11 is 1.54. The molecule has 0 bridgehead atoms. The van der Waals surface area contributed by atoms with Gasteiger partial charge in [-0.25, -0.2) is 0 Å². The summed E-state index contributed by atoms with van der Waals surface area (Å²) < 4.78 is 5.33. The highest BCUT2D eigenvalue weighted by Crippen LogP contribution is 2.24. The zero-order valence-corrected chi connectivity index (χ0v) is 16.0. The molecule has 0 radical (unpaired) electrons. The van der Waals surface area contributed by atoms with E-state index < -0.39 is 0 Å². The largest absolute Gasteiger partial charge is 0.497 e. The van der Waals surface area contributed by atoms with Crippen LogP contribution in [0.4, 0.5) is 0 Å². The molecule has 0 aliphatic carbocycles. The molecule has 1 aliphatic heterocycles. The third-order valence-corrected chi connectivity index (χ3v) is 5.33. The van der Waals surface area contributed by atoms with Crippen LogP contribution in [0, 0.1) is 0 Å². The van der Waals surface area contributed by atoms with Crippen molar-refractivity contribution >= 4 is 23.6 Å². The Labute approximate surface area is 153 Å². The number of carbonyl (C=O) groups excluding carboxylic acids is 2. The number of hydrogen-bond acceptors (Lipinski definition) is 5. The number of benzene rings is 1. The first-order valence-electron chi connectivity index (χ1n) is 8.59. The number of nitrogens with one attached hydrogen (secondary N) is 1. The number of hydrogen-bond donors (Lipinski definition) is 1. The van der Waals surface area contributed by atoms with Crippen LogP contribution in [0.25, 0.3) is 0 Å². The molecule has 0 aromatic heterocycles. The number of nitrogens with zero attached hydrogens (tertiary/aromatic N) is 2. The van der Waals surface area contributed by atoms with Crippen molar-refractivity contribution in [3.63, 3.8) is 0 Å². The van der Waals surface area contributed by atoms with Crippen LogP contribution >= 0.6 is 11.8 Å². The molecule has 1 fully saturated rings. The summed E-state index contributed by atoms with van der Waals surface area (Å²) in [5, 5.41) is 2.99. The highest BCUT2D eigenvalue weighted by Gasteiger charge is 2.24. The van der Waals surface area contributed by atoms with E-state index in [0.29, 0.717) is 18.2 Å². The van der Waals surface area contributed by atoms with E-state index >= 15 is 0 Å². The first kappa shape index (κ1) is 19.6. The lowest BCUT2D eigenvalue weighted by molar-refractivity contribution is -0.132. The first-order chi connectivity index (χ1) is 12.1. The summed E-state index contributed by atoms with van der Waals surface area (Å²) in [7, 11) is 1.65. The summed E-state index contributed by atoms with van der Waals surface area (Å²) in [6, 6.07) is 8.01. The van der Waals surface area contributed by atoms with Gasteiger partial charge in [-0.05, 0) is 30.8 Å². The van der Waals surface area contributed by atoms with Crippen molar-refractivity contribution in [2.45, 2.75) is 19.9 Å². The van der Waals surface area contributed by atoms with Gasteiger partial charge in [-0.2, -0.15) is 0 Å². The molecule has 1 aliphatic rings. The minimum atomic E-state index is -0.115. The van der Waals surface area contributed by atoms with Crippen LogP contribution in [0.15, 0.2) is 24.3 Å². The molecule has 1 aromatic carbocycles. The number of ether oxygens (including phenoxy) is 1. The van der Waals surface area contributed by atoms with Gasteiger partial charge in [-0.15, -0.1) is 11.8 Å². The lowest BCUT2D eigenvalue weighted by Gasteiger charge is -2.30. The van der Waals surface area contributed by atoms with E-state index in [4.69, 9.17) is 4.74 Å². The summed E-state index contributed by atoms with van der Waals surface area (Å²) in [4.78, 5) is 27.8. The Bertz CT molecular complexity index is 593. The van der Waals surface area contributed by atoms with Gasteiger partial charge in [0.05, 0.1) is 24.8 Å². The third kappa shape index (κ3) is 5.37. The number of methoxy groups -OCH3 is 1. The Hall–Kier alpha value is -1.73. The fraction of sp³-hybridized carbons (Fsp3) is 0.556. The molecule has 6 nitrogen and oxygen atoms in total. The number of thioether (sulfide) groups is 1. The molecule has 0 spiro atoms. The van der Waals surface area contributed by atoms with E-state index in [1.165, 1.54) is 0 Å². The zero-order valence-electron chi connectivity index (χ0n) is 15.2. The van der Waals surface area contributed by atoms with Gasteiger partial charge < -0.3 is 15.0 Å². The van der Waals surface area contributed by atoms with E-state index in [1.54, 1.807) is 23.8 Å². The molecule has 1 saturated heterocycles. The summed E-state index contributed by atoms with van der Waals surface area (Å²) in [5.74, 6) is 1.80. The second-order valence-corrected chi connectivity index (χ2v) is 6.84.